The van der Waals surface area contributed by atoms with Crippen molar-refractivity contribution >= 4 is 11.5 Å². The highest BCUT2D eigenvalue weighted by Crippen LogP contribution is 2.34. The summed E-state index contributed by atoms with van der Waals surface area (Å²) in [7, 11) is 0. The van der Waals surface area contributed by atoms with Gasteiger partial charge >= 0.3 is 0 Å². The van der Waals surface area contributed by atoms with Crippen molar-refractivity contribution < 1.29 is 0 Å². The molecule has 3 nitrogen and oxygen atoms in total. The van der Waals surface area contributed by atoms with E-state index in [0.717, 1.165) is 18.9 Å². The fourth-order valence-electron chi connectivity index (χ4n) is 3.65. The van der Waals surface area contributed by atoms with Crippen LogP contribution in [0.25, 0.3) is 0 Å². The number of rotatable bonds is 3. The van der Waals surface area contributed by atoms with Crippen LogP contribution in [0.5, 0.6) is 0 Å². The molecule has 1 saturated carbocycles. The third-order valence-electron chi connectivity index (χ3n) is 5.12. The Balaban J connectivity index is 1.57. The number of hydrogen-bond donors (Lipinski definition) is 1. The summed E-state index contributed by atoms with van der Waals surface area (Å²) in [6, 6.07) is 5.00. The van der Waals surface area contributed by atoms with Crippen molar-refractivity contribution in [1.29, 1.82) is 0 Å². The molecule has 3 heteroatoms. The first-order valence-electron chi connectivity index (χ1n) is 8.60. The standard InChI is InChI=1S/C18H29N3/c1-18(2)10-5-6-15(9-11-18)20-16-7-8-17(19-14-16)21-12-3-4-13-21/h7-8,14-15,20H,3-6,9-13H2,1-2H3. The molecule has 1 aromatic rings. The lowest BCUT2D eigenvalue weighted by molar-refractivity contribution is 0.313. The molecule has 0 bridgehead atoms. The molecule has 1 atom stereocenters. The number of pyridine rings is 1. The second kappa shape index (κ2) is 6.25. The van der Waals surface area contributed by atoms with Gasteiger partial charge in [0, 0.05) is 19.1 Å². The molecule has 0 radical (unpaired) electrons. The topological polar surface area (TPSA) is 28.2 Å². The maximum absolute atomic E-state index is 4.64. The van der Waals surface area contributed by atoms with Crippen LogP contribution in [0.1, 0.15) is 58.8 Å². The summed E-state index contributed by atoms with van der Waals surface area (Å²) in [5.41, 5.74) is 1.71. The van der Waals surface area contributed by atoms with E-state index in [9.17, 15) is 0 Å². The Morgan fingerprint density at radius 2 is 1.90 bits per heavy atom. The van der Waals surface area contributed by atoms with Gasteiger partial charge in [-0.15, -0.1) is 0 Å². The first-order chi connectivity index (χ1) is 10.1. The second-order valence-electron chi connectivity index (χ2n) is 7.54. The molecule has 116 valence electrons. The fraction of sp³-hybridized carbons (Fsp3) is 0.722. The summed E-state index contributed by atoms with van der Waals surface area (Å²) in [6.45, 7) is 7.14. The quantitative estimate of drug-likeness (QED) is 0.832. The first kappa shape index (κ1) is 14.7. The minimum atomic E-state index is 0.522. The molecular formula is C18H29N3. The van der Waals surface area contributed by atoms with E-state index in [2.05, 4.69) is 41.2 Å². The molecule has 1 aromatic heterocycles. The van der Waals surface area contributed by atoms with Gasteiger partial charge in [-0.3, -0.25) is 0 Å². The van der Waals surface area contributed by atoms with Crippen molar-refractivity contribution in [2.24, 2.45) is 5.41 Å². The van der Waals surface area contributed by atoms with Gasteiger partial charge in [-0.05, 0) is 56.1 Å². The first-order valence-corrected chi connectivity index (χ1v) is 8.60. The predicted octanol–water partition coefficient (Wildman–Crippen LogP) is 4.45. The molecule has 1 saturated heterocycles. The summed E-state index contributed by atoms with van der Waals surface area (Å²) in [4.78, 5) is 7.03. The van der Waals surface area contributed by atoms with Gasteiger partial charge < -0.3 is 10.2 Å². The summed E-state index contributed by atoms with van der Waals surface area (Å²) < 4.78 is 0. The molecule has 3 rings (SSSR count). The molecule has 2 fully saturated rings. The van der Waals surface area contributed by atoms with E-state index < -0.39 is 0 Å². The lowest BCUT2D eigenvalue weighted by Crippen LogP contribution is -2.21. The number of aromatic nitrogens is 1. The lowest BCUT2D eigenvalue weighted by atomic mass is 9.85. The van der Waals surface area contributed by atoms with Crippen molar-refractivity contribution in [1.82, 2.24) is 4.98 Å². The Kier molecular flexibility index (Phi) is 4.37. The summed E-state index contributed by atoms with van der Waals surface area (Å²) in [5, 5.41) is 3.70. The maximum Gasteiger partial charge on any atom is 0.128 e. The predicted molar refractivity (Wildman–Crippen MR) is 90.0 cm³/mol. The van der Waals surface area contributed by atoms with Crippen molar-refractivity contribution in [2.75, 3.05) is 23.3 Å². The number of anilines is 2. The zero-order valence-electron chi connectivity index (χ0n) is 13.6. The molecule has 1 unspecified atom stereocenters. The van der Waals surface area contributed by atoms with E-state index in [1.54, 1.807) is 0 Å². The average molecular weight is 287 g/mol. The second-order valence-corrected chi connectivity index (χ2v) is 7.54. The highest BCUT2D eigenvalue weighted by molar-refractivity contribution is 5.49. The zero-order valence-corrected chi connectivity index (χ0v) is 13.6. The van der Waals surface area contributed by atoms with Crippen LogP contribution in [-0.2, 0) is 0 Å². The Labute approximate surface area is 129 Å². The average Bonchev–Trinajstić information content (AvgIpc) is 2.94. The highest BCUT2D eigenvalue weighted by Gasteiger charge is 2.24. The van der Waals surface area contributed by atoms with Crippen LogP contribution in [0.2, 0.25) is 0 Å². The van der Waals surface area contributed by atoms with E-state index >= 15 is 0 Å². The van der Waals surface area contributed by atoms with Gasteiger partial charge in [0.05, 0.1) is 11.9 Å². The molecule has 0 amide bonds. The summed E-state index contributed by atoms with van der Waals surface area (Å²) >= 11 is 0. The van der Waals surface area contributed by atoms with Crippen LogP contribution in [0.3, 0.4) is 0 Å². The molecule has 0 aromatic carbocycles. The largest absolute Gasteiger partial charge is 0.381 e. The molecule has 0 spiro atoms. The van der Waals surface area contributed by atoms with E-state index in [1.165, 1.54) is 50.6 Å². The van der Waals surface area contributed by atoms with Crippen LogP contribution < -0.4 is 10.2 Å². The maximum atomic E-state index is 4.64. The molecule has 2 aliphatic rings. The third-order valence-corrected chi connectivity index (χ3v) is 5.12. The minimum Gasteiger partial charge on any atom is -0.381 e. The third kappa shape index (κ3) is 3.90. The van der Waals surface area contributed by atoms with Gasteiger partial charge in [-0.25, -0.2) is 4.98 Å². The number of nitrogens with one attached hydrogen (secondary N) is 1. The van der Waals surface area contributed by atoms with Gasteiger partial charge in [0.25, 0.3) is 0 Å². The molecule has 21 heavy (non-hydrogen) atoms. The van der Waals surface area contributed by atoms with Crippen LogP contribution in [0.4, 0.5) is 11.5 Å². The fourth-order valence-corrected chi connectivity index (χ4v) is 3.65. The van der Waals surface area contributed by atoms with E-state index in [1.807, 2.05) is 6.20 Å². The van der Waals surface area contributed by atoms with Gasteiger partial charge in [-0.1, -0.05) is 20.3 Å². The smallest absolute Gasteiger partial charge is 0.128 e. The van der Waals surface area contributed by atoms with Gasteiger partial charge in [0.1, 0.15) is 5.82 Å². The van der Waals surface area contributed by atoms with E-state index in [4.69, 9.17) is 0 Å². The molecular weight excluding hydrogens is 258 g/mol. The van der Waals surface area contributed by atoms with Crippen LogP contribution in [0, 0.1) is 5.41 Å². The number of hydrogen-bond acceptors (Lipinski definition) is 3. The van der Waals surface area contributed by atoms with Crippen LogP contribution >= 0.6 is 0 Å². The van der Waals surface area contributed by atoms with Crippen LogP contribution in [-0.4, -0.2) is 24.1 Å². The van der Waals surface area contributed by atoms with Gasteiger partial charge in [-0.2, -0.15) is 0 Å². The van der Waals surface area contributed by atoms with Crippen molar-refractivity contribution in [3.63, 3.8) is 0 Å². The van der Waals surface area contributed by atoms with Crippen molar-refractivity contribution in [3.05, 3.63) is 18.3 Å². The van der Waals surface area contributed by atoms with Crippen molar-refractivity contribution in [2.45, 2.75) is 64.8 Å². The highest BCUT2D eigenvalue weighted by atomic mass is 15.2. The summed E-state index contributed by atoms with van der Waals surface area (Å²) in [5.74, 6) is 1.14. The van der Waals surface area contributed by atoms with Gasteiger partial charge in [0.15, 0.2) is 0 Å². The monoisotopic (exact) mass is 287 g/mol. The number of nitrogens with zero attached hydrogens (tertiary/aromatic N) is 2. The van der Waals surface area contributed by atoms with Crippen molar-refractivity contribution in [3.8, 4) is 0 Å². The SMILES string of the molecule is CC1(C)CCCC(Nc2ccc(N3CCCC3)nc2)CC1. The molecule has 1 aliphatic carbocycles. The normalized spacial score (nSPS) is 25.6. The van der Waals surface area contributed by atoms with E-state index in [0.29, 0.717) is 11.5 Å². The van der Waals surface area contributed by atoms with Crippen LogP contribution in [0.15, 0.2) is 18.3 Å². The lowest BCUT2D eigenvalue weighted by Gasteiger charge is -2.22. The summed E-state index contributed by atoms with van der Waals surface area (Å²) in [6.07, 6.45) is 11.2. The van der Waals surface area contributed by atoms with E-state index in [-0.39, 0.29) is 0 Å². The molecule has 2 heterocycles. The Bertz CT molecular complexity index is 446. The Morgan fingerprint density at radius 3 is 2.62 bits per heavy atom. The minimum absolute atomic E-state index is 0.522. The molecule has 1 N–H and O–H groups in total. The van der Waals surface area contributed by atoms with Gasteiger partial charge in [0.2, 0.25) is 0 Å². The zero-order chi connectivity index (χ0) is 14.7. The Morgan fingerprint density at radius 1 is 1.10 bits per heavy atom. The Hall–Kier alpha value is -1.25. The molecule has 1 aliphatic heterocycles.